The zero-order valence-corrected chi connectivity index (χ0v) is 18.4. The molecule has 1 aromatic heterocycles. The van der Waals surface area contributed by atoms with E-state index in [9.17, 15) is 25.2 Å². The number of hydrogen-bond donors (Lipinski definition) is 4. The van der Waals surface area contributed by atoms with Gasteiger partial charge in [0.05, 0.1) is 11.7 Å². The maximum Gasteiger partial charge on any atom is 0.204 e. The Morgan fingerprint density at radius 3 is 2.56 bits per heavy atom. The van der Waals surface area contributed by atoms with Crippen LogP contribution in [0.15, 0.2) is 45.3 Å². The van der Waals surface area contributed by atoms with Crippen LogP contribution in [-0.2, 0) is 12.8 Å². The summed E-state index contributed by atoms with van der Waals surface area (Å²) in [7, 11) is 0. The van der Waals surface area contributed by atoms with Crippen molar-refractivity contribution in [3.63, 3.8) is 0 Å². The van der Waals surface area contributed by atoms with Crippen LogP contribution in [0.3, 0.4) is 0 Å². The standard InChI is InChI=1S/C25H26O7/c1-12(2)5-7-15-23-16(10-19(28)25(3,4)32-23)21(29)20-22(30)17(11-31-24(15)20)14-8-6-13(26)9-18(14)27/h5-6,8-9,11,19,26-29H,7,10H2,1-4H3/t19-/m0/s1. The molecule has 0 saturated heterocycles. The van der Waals surface area contributed by atoms with Gasteiger partial charge in [-0.1, -0.05) is 11.6 Å². The Kier molecular flexibility index (Phi) is 5.17. The van der Waals surface area contributed by atoms with Gasteiger partial charge in [0.15, 0.2) is 0 Å². The topological polar surface area (TPSA) is 120 Å². The van der Waals surface area contributed by atoms with Gasteiger partial charge in [0.25, 0.3) is 0 Å². The molecular weight excluding hydrogens is 412 g/mol. The number of hydrogen-bond acceptors (Lipinski definition) is 7. The van der Waals surface area contributed by atoms with E-state index in [1.165, 1.54) is 18.4 Å². The van der Waals surface area contributed by atoms with Gasteiger partial charge in [0.2, 0.25) is 5.43 Å². The lowest BCUT2D eigenvalue weighted by molar-refractivity contribution is -0.0421. The van der Waals surface area contributed by atoms with Crippen molar-refractivity contribution in [1.29, 1.82) is 0 Å². The SMILES string of the molecule is CC(C)=CCc1c2c(c(O)c3c(=O)c(-c4ccc(O)cc4O)coc13)C[C@H](O)C(C)(C)O2. The van der Waals surface area contributed by atoms with Crippen molar-refractivity contribution in [2.75, 3.05) is 0 Å². The van der Waals surface area contributed by atoms with Crippen molar-refractivity contribution in [3.05, 3.63) is 57.5 Å². The highest BCUT2D eigenvalue weighted by Gasteiger charge is 2.39. The largest absolute Gasteiger partial charge is 0.508 e. The monoisotopic (exact) mass is 438 g/mol. The molecule has 2 aromatic carbocycles. The summed E-state index contributed by atoms with van der Waals surface area (Å²) in [6.45, 7) is 7.43. The highest BCUT2D eigenvalue weighted by molar-refractivity contribution is 5.93. The summed E-state index contributed by atoms with van der Waals surface area (Å²) >= 11 is 0. The summed E-state index contributed by atoms with van der Waals surface area (Å²) in [6.07, 6.45) is 2.83. The molecule has 7 nitrogen and oxygen atoms in total. The van der Waals surface area contributed by atoms with E-state index < -0.39 is 17.1 Å². The third-order valence-corrected chi connectivity index (χ3v) is 5.89. The first-order chi connectivity index (χ1) is 15.0. The highest BCUT2D eigenvalue weighted by atomic mass is 16.5. The summed E-state index contributed by atoms with van der Waals surface area (Å²) in [6, 6.07) is 3.87. The van der Waals surface area contributed by atoms with Gasteiger partial charge in [0.1, 0.15) is 45.8 Å². The number of phenolic OH excluding ortho intramolecular Hbond substituents is 3. The Bertz CT molecular complexity index is 1310. The predicted octanol–water partition coefficient (Wildman–Crippen LogP) is 4.16. The number of aliphatic hydroxyl groups excluding tert-OH is 1. The second-order valence-electron chi connectivity index (χ2n) is 8.93. The molecule has 0 radical (unpaired) electrons. The third kappa shape index (κ3) is 3.48. The van der Waals surface area contributed by atoms with Crippen LogP contribution < -0.4 is 10.2 Å². The molecule has 32 heavy (non-hydrogen) atoms. The fourth-order valence-electron chi connectivity index (χ4n) is 3.96. The first-order valence-corrected chi connectivity index (χ1v) is 10.4. The summed E-state index contributed by atoms with van der Waals surface area (Å²) in [5, 5.41) is 41.4. The summed E-state index contributed by atoms with van der Waals surface area (Å²) < 4.78 is 12.0. The maximum absolute atomic E-state index is 13.5. The number of rotatable bonds is 3. The van der Waals surface area contributed by atoms with E-state index in [4.69, 9.17) is 9.15 Å². The van der Waals surface area contributed by atoms with Crippen LogP contribution in [0.5, 0.6) is 23.0 Å². The lowest BCUT2D eigenvalue weighted by Crippen LogP contribution is -2.46. The van der Waals surface area contributed by atoms with Crippen molar-refractivity contribution in [2.45, 2.75) is 52.2 Å². The van der Waals surface area contributed by atoms with E-state index in [0.29, 0.717) is 23.3 Å². The molecule has 0 fully saturated rings. The van der Waals surface area contributed by atoms with Crippen LogP contribution in [0.25, 0.3) is 22.1 Å². The fourth-order valence-corrected chi connectivity index (χ4v) is 3.96. The molecule has 0 aliphatic carbocycles. The summed E-state index contributed by atoms with van der Waals surface area (Å²) in [5.41, 5.74) is 0.986. The predicted molar refractivity (Wildman–Crippen MR) is 120 cm³/mol. The van der Waals surface area contributed by atoms with Crippen molar-refractivity contribution in [2.24, 2.45) is 0 Å². The van der Waals surface area contributed by atoms with E-state index in [1.54, 1.807) is 13.8 Å². The fraction of sp³-hybridized carbons (Fsp3) is 0.320. The Hall–Kier alpha value is -3.45. The van der Waals surface area contributed by atoms with Gasteiger partial charge in [0, 0.05) is 29.2 Å². The first-order valence-electron chi connectivity index (χ1n) is 10.4. The molecule has 0 unspecified atom stereocenters. The highest BCUT2D eigenvalue weighted by Crippen LogP contribution is 2.46. The molecule has 0 amide bonds. The molecule has 7 heteroatoms. The first kappa shape index (κ1) is 21.8. The molecule has 4 rings (SSSR count). The molecule has 0 saturated carbocycles. The molecule has 4 N–H and O–H groups in total. The van der Waals surface area contributed by atoms with Crippen molar-refractivity contribution < 1.29 is 29.6 Å². The Balaban J connectivity index is 2.06. The zero-order valence-electron chi connectivity index (χ0n) is 18.4. The second-order valence-corrected chi connectivity index (χ2v) is 8.93. The summed E-state index contributed by atoms with van der Waals surface area (Å²) in [4.78, 5) is 13.5. The Labute approximate surface area is 184 Å². The Morgan fingerprint density at radius 1 is 1.19 bits per heavy atom. The van der Waals surface area contributed by atoms with Crippen molar-refractivity contribution >= 4 is 11.0 Å². The minimum absolute atomic E-state index is 0.0380. The average molecular weight is 438 g/mol. The number of allylic oxidation sites excluding steroid dienone is 2. The lowest BCUT2D eigenvalue weighted by Gasteiger charge is -2.38. The number of benzene rings is 2. The normalized spacial score (nSPS) is 17.0. The van der Waals surface area contributed by atoms with Crippen LogP contribution in [0, 0.1) is 0 Å². The zero-order chi connectivity index (χ0) is 23.4. The van der Waals surface area contributed by atoms with Gasteiger partial charge in [-0.3, -0.25) is 4.79 Å². The molecule has 1 aliphatic rings. The Morgan fingerprint density at radius 2 is 1.91 bits per heavy atom. The molecule has 1 atom stereocenters. The minimum Gasteiger partial charge on any atom is -0.508 e. The molecule has 0 spiro atoms. The minimum atomic E-state index is -0.884. The maximum atomic E-state index is 13.5. The molecule has 2 heterocycles. The molecule has 0 bridgehead atoms. The molecule has 168 valence electrons. The van der Waals surface area contributed by atoms with Crippen LogP contribution in [0.4, 0.5) is 0 Å². The third-order valence-electron chi connectivity index (χ3n) is 5.89. The van der Waals surface area contributed by atoms with E-state index in [2.05, 4.69) is 0 Å². The number of aliphatic hydroxyl groups is 1. The van der Waals surface area contributed by atoms with Gasteiger partial charge >= 0.3 is 0 Å². The number of fused-ring (bicyclic) bond motifs is 2. The second kappa shape index (κ2) is 7.60. The smallest absolute Gasteiger partial charge is 0.204 e. The molecule has 3 aromatic rings. The molecular formula is C25H26O7. The van der Waals surface area contributed by atoms with Crippen molar-refractivity contribution in [3.8, 4) is 34.1 Å². The molecule has 1 aliphatic heterocycles. The van der Waals surface area contributed by atoms with E-state index in [0.717, 1.165) is 11.6 Å². The number of phenols is 3. The van der Waals surface area contributed by atoms with Crippen LogP contribution in [-0.4, -0.2) is 32.1 Å². The lowest BCUT2D eigenvalue weighted by atomic mass is 9.87. The van der Waals surface area contributed by atoms with Gasteiger partial charge in [-0.05, 0) is 46.2 Å². The van der Waals surface area contributed by atoms with Crippen LogP contribution in [0.2, 0.25) is 0 Å². The van der Waals surface area contributed by atoms with Gasteiger partial charge in [-0.25, -0.2) is 0 Å². The van der Waals surface area contributed by atoms with Gasteiger partial charge in [-0.15, -0.1) is 0 Å². The van der Waals surface area contributed by atoms with Crippen LogP contribution in [0.1, 0.15) is 38.8 Å². The van der Waals surface area contributed by atoms with E-state index >= 15 is 0 Å². The van der Waals surface area contributed by atoms with E-state index in [1.807, 2.05) is 19.9 Å². The number of ether oxygens (including phenoxy) is 1. The van der Waals surface area contributed by atoms with Crippen molar-refractivity contribution in [1.82, 2.24) is 0 Å². The van der Waals surface area contributed by atoms with E-state index in [-0.39, 0.29) is 45.8 Å². The average Bonchev–Trinajstić information content (AvgIpc) is 2.70. The quantitative estimate of drug-likeness (QED) is 0.453. The summed E-state index contributed by atoms with van der Waals surface area (Å²) in [5.74, 6) is -0.337. The van der Waals surface area contributed by atoms with Gasteiger partial charge < -0.3 is 29.6 Å². The number of aromatic hydroxyl groups is 3. The van der Waals surface area contributed by atoms with Gasteiger partial charge in [-0.2, -0.15) is 0 Å². The van der Waals surface area contributed by atoms with Crippen LogP contribution >= 0.6 is 0 Å².